The summed E-state index contributed by atoms with van der Waals surface area (Å²) in [5.74, 6) is 0.562. The molecular weight excluding hydrogens is 250 g/mol. The molecule has 1 aliphatic heterocycles. The highest BCUT2D eigenvalue weighted by Crippen LogP contribution is 2.17. The normalized spacial score (nSPS) is 16.5. The van der Waals surface area contributed by atoms with E-state index in [1.807, 2.05) is 0 Å². The van der Waals surface area contributed by atoms with Crippen LogP contribution in [0.25, 0.3) is 0 Å². The van der Waals surface area contributed by atoms with Crippen LogP contribution in [-0.2, 0) is 0 Å². The Morgan fingerprint density at radius 2 is 1.58 bits per heavy atom. The third-order valence-electron chi connectivity index (χ3n) is 3.02. The molecule has 2 rings (SSSR count). The van der Waals surface area contributed by atoms with Gasteiger partial charge in [-0.3, -0.25) is 4.90 Å². The van der Waals surface area contributed by atoms with Crippen LogP contribution >= 0.6 is 0 Å². The SMILES string of the molecule is COc1nc(OC)nc(N2CCN(CCO)CC2)n1. The number of β-amino-alcohol motifs (C(OH)–C–C–N with tert-alkyl or cyclic N) is 1. The number of aliphatic hydroxyl groups is 1. The van der Waals surface area contributed by atoms with Crippen LogP contribution in [-0.4, -0.2) is 78.5 Å². The largest absolute Gasteiger partial charge is 0.467 e. The second kappa shape index (κ2) is 6.48. The van der Waals surface area contributed by atoms with Gasteiger partial charge in [0.1, 0.15) is 0 Å². The quantitative estimate of drug-likeness (QED) is 0.729. The number of hydrogen-bond acceptors (Lipinski definition) is 8. The van der Waals surface area contributed by atoms with Crippen LogP contribution in [0.15, 0.2) is 0 Å². The van der Waals surface area contributed by atoms with Crippen molar-refractivity contribution in [1.29, 1.82) is 0 Å². The molecule has 0 saturated carbocycles. The van der Waals surface area contributed by atoms with Crippen molar-refractivity contribution in [2.24, 2.45) is 0 Å². The zero-order valence-corrected chi connectivity index (χ0v) is 11.2. The molecule has 2 heterocycles. The van der Waals surface area contributed by atoms with E-state index >= 15 is 0 Å². The summed E-state index contributed by atoms with van der Waals surface area (Å²) in [6, 6.07) is 0.499. The molecule has 1 N–H and O–H groups in total. The molecule has 0 unspecified atom stereocenters. The third-order valence-corrected chi connectivity index (χ3v) is 3.02. The summed E-state index contributed by atoms with van der Waals surface area (Å²) in [5, 5.41) is 8.92. The van der Waals surface area contributed by atoms with E-state index in [9.17, 15) is 0 Å². The number of hydrogen-bond donors (Lipinski definition) is 1. The van der Waals surface area contributed by atoms with Crippen molar-refractivity contribution in [1.82, 2.24) is 19.9 Å². The van der Waals surface area contributed by atoms with E-state index in [4.69, 9.17) is 14.6 Å². The van der Waals surface area contributed by atoms with Crippen molar-refractivity contribution in [3.63, 3.8) is 0 Å². The van der Waals surface area contributed by atoms with E-state index in [0.29, 0.717) is 12.5 Å². The lowest BCUT2D eigenvalue weighted by Crippen LogP contribution is -2.47. The Kier molecular flexibility index (Phi) is 4.69. The van der Waals surface area contributed by atoms with Crippen LogP contribution in [0.5, 0.6) is 12.0 Å². The minimum Gasteiger partial charge on any atom is -0.467 e. The molecule has 19 heavy (non-hydrogen) atoms. The maximum atomic E-state index is 8.92. The number of piperazine rings is 1. The van der Waals surface area contributed by atoms with Gasteiger partial charge in [0.25, 0.3) is 0 Å². The predicted octanol–water partition coefficient (Wildman–Crippen LogP) is -0.997. The number of rotatable bonds is 5. The number of ether oxygens (including phenoxy) is 2. The average molecular weight is 269 g/mol. The number of nitrogens with zero attached hydrogens (tertiary/aromatic N) is 5. The fraction of sp³-hybridized carbons (Fsp3) is 0.727. The molecule has 1 aliphatic rings. The first-order valence-electron chi connectivity index (χ1n) is 6.19. The summed E-state index contributed by atoms with van der Waals surface area (Å²) in [6.45, 7) is 4.24. The van der Waals surface area contributed by atoms with Gasteiger partial charge in [-0.1, -0.05) is 0 Å². The van der Waals surface area contributed by atoms with Crippen molar-refractivity contribution in [2.75, 3.05) is 58.5 Å². The molecule has 0 spiro atoms. The Labute approximate surface area is 112 Å². The first-order chi connectivity index (χ1) is 9.26. The molecule has 8 nitrogen and oxygen atoms in total. The topological polar surface area (TPSA) is 83.8 Å². The summed E-state index contributed by atoms with van der Waals surface area (Å²) in [4.78, 5) is 16.7. The van der Waals surface area contributed by atoms with Crippen molar-refractivity contribution in [2.45, 2.75) is 0 Å². The second-order valence-corrected chi connectivity index (χ2v) is 4.16. The molecule has 1 aromatic heterocycles. The fourth-order valence-electron chi connectivity index (χ4n) is 1.96. The fourth-order valence-corrected chi connectivity index (χ4v) is 1.96. The van der Waals surface area contributed by atoms with E-state index in [-0.39, 0.29) is 18.6 Å². The lowest BCUT2D eigenvalue weighted by Gasteiger charge is -2.34. The molecule has 0 aliphatic carbocycles. The number of aromatic nitrogens is 3. The zero-order valence-electron chi connectivity index (χ0n) is 11.2. The summed E-state index contributed by atoms with van der Waals surface area (Å²) in [6.07, 6.45) is 0. The van der Waals surface area contributed by atoms with Gasteiger partial charge in [0.05, 0.1) is 20.8 Å². The van der Waals surface area contributed by atoms with E-state index in [2.05, 4.69) is 24.8 Å². The smallest absolute Gasteiger partial charge is 0.324 e. The summed E-state index contributed by atoms with van der Waals surface area (Å²) < 4.78 is 10.1. The van der Waals surface area contributed by atoms with Crippen molar-refractivity contribution in [3.05, 3.63) is 0 Å². The summed E-state index contributed by atoms with van der Waals surface area (Å²) in [7, 11) is 3.02. The lowest BCUT2D eigenvalue weighted by molar-refractivity contribution is 0.188. The van der Waals surface area contributed by atoms with Crippen LogP contribution in [0.2, 0.25) is 0 Å². The Balaban J connectivity index is 2.06. The van der Waals surface area contributed by atoms with Gasteiger partial charge in [-0.15, -0.1) is 4.98 Å². The molecule has 0 bridgehead atoms. The maximum Gasteiger partial charge on any atom is 0.324 e. The molecular formula is C11H19N5O3. The molecule has 1 aromatic rings. The first-order valence-corrected chi connectivity index (χ1v) is 6.19. The average Bonchev–Trinajstić information content (AvgIpc) is 2.47. The predicted molar refractivity (Wildman–Crippen MR) is 68.7 cm³/mol. The standard InChI is InChI=1S/C11H19N5O3/c1-18-10-12-9(13-11(14-10)19-2)16-5-3-15(4-6-16)7-8-17/h17H,3-8H2,1-2H3. The Bertz CT molecular complexity index is 387. The highest BCUT2D eigenvalue weighted by molar-refractivity contribution is 5.32. The van der Waals surface area contributed by atoms with Crippen LogP contribution in [0, 0.1) is 0 Å². The molecule has 106 valence electrons. The van der Waals surface area contributed by atoms with Gasteiger partial charge >= 0.3 is 12.0 Å². The zero-order chi connectivity index (χ0) is 13.7. The van der Waals surface area contributed by atoms with Gasteiger partial charge in [0.2, 0.25) is 5.95 Å². The van der Waals surface area contributed by atoms with Crippen LogP contribution in [0.4, 0.5) is 5.95 Å². The number of aliphatic hydroxyl groups excluding tert-OH is 1. The highest BCUT2D eigenvalue weighted by Gasteiger charge is 2.20. The second-order valence-electron chi connectivity index (χ2n) is 4.16. The van der Waals surface area contributed by atoms with E-state index in [1.165, 1.54) is 14.2 Å². The van der Waals surface area contributed by atoms with Crippen LogP contribution in [0.3, 0.4) is 0 Å². The third kappa shape index (κ3) is 3.42. The maximum absolute atomic E-state index is 8.92. The molecule has 0 aromatic carbocycles. The van der Waals surface area contributed by atoms with Gasteiger partial charge in [-0.25, -0.2) is 0 Å². The van der Waals surface area contributed by atoms with Crippen LogP contribution < -0.4 is 14.4 Å². The van der Waals surface area contributed by atoms with Gasteiger partial charge < -0.3 is 19.5 Å². The van der Waals surface area contributed by atoms with E-state index in [1.54, 1.807) is 0 Å². The van der Waals surface area contributed by atoms with Crippen LogP contribution in [0.1, 0.15) is 0 Å². The van der Waals surface area contributed by atoms with Crippen molar-refractivity contribution >= 4 is 5.95 Å². The molecule has 0 amide bonds. The van der Waals surface area contributed by atoms with E-state index in [0.717, 1.165) is 26.2 Å². The number of methoxy groups -OCH3 is 2. The van der Waals surface area contributed by atoms with Gasteiger partial charge in [0, 0.05) is 32.7 Å². The van der Waals surface area contributed by atoms with Crippen molar-refractivity contribution in [3.8, 4) is 12.0 Å². The monoisotopic (exact) mass is 269 g/mol. The first kappa shape index (κ1) is 13.8. The molecule has 1 saturated heterocycles. The molecule has 1 fully saturated rings. The Morgan fingerprint density at radius 1 is 1.00 bits per heavy atom. The summed E-state index contributed by atoms with van der Waals surface area (Å²) in [5.41, 5.74) is 0. The van der Waals surface area contributed by atoms with Gasteiger partial charge in [0.15, 0.2) is 0 Å². The van der Waals surface area contributed by atoms with Crippen molar-refractivity contribution < 1.29 is 14.6 Å². The van der Waals surface area contributed by atoms with E-state index < -0.39 is 0 Å². The summed E-state index contributed by atoms with van der Waals surface area (Å²) >= 11 is 0. The Morgan fingerprint density at radius 3 is 2.05 bits per heavy atom. The highest BCUT2D eigenvalue weighted by atomic mass is 16.5. The molecule has 8 heteroatoms. The van der Waals surface area contributed by atoms with Gasteiger partial charge in [-0.05, 0) is 0 Å². The van der Waals surface area contributed by atoms with Gasteiger partial charge in [-0.2, -0.15) is 9.97 Å². The number of anilines is 1. The lowest BCUT2D eigenvalue weighted by atomic mass is 10.3. The minimum atomic E-state index is 0.188. The molecule has 0 atom stereocenters. The Hall–Kier alpha value is -1.67. The minimum absolute atomic E-state index is 0.188. The molecule has 0 radical (unpaired) electrons.